The number of hydrogen-bond acceptors (Lipinski definition) is 4. The quantitative estimate of drug-likeness (QED) is 0.720. The molecule has 0 aromatic carbocycles. The van der Waals surface area contributed by atoms with Crippen molar-refractivity contribution in [2.45, 2.75) is 19.4 Å². The van der Waals surface area contributed by atoms with Crippen molar-refractivity contribution < 1.29 is 0 Å². The highest BCUT2D eigenvalue weighted by Gasteiger charge is 2.01. The van der Waals surface area contributed by atoms with Crippen LogP contribution in [0.3, 0.4) is 0 Å². The molecule has 0 radical (unpaired) electrons. The van der Waals surface area contributed by atoms with E-state index in [1.54, 1.807) is 6.07 Å². The highest BCUT2D eigenvalue weighted by Crippen LogP contribution is 2.04. The number of anilines is 1. The molecule has 1 rings (SSSR count). The zero-order chi connectivity index (χ0) is 10.4. The zero-order valence-corrected chi connectivity index (χ0v) is 7.86. The van der Waals surface area contributed by atoms with Crippen molar-refractivity contribution in [2.24, 2.45) is 0 Å². The Morgan fingerprint density at radius 3 is 3.14 bits per heavy atom. The summed E-state index contributed by atoms with van der Waals surface area (Å²) >= 11 is 0. The van der Waals surface area contributed by atoms with Crippen LogP contribution in [0, 0.1) is 23.7 Å². The first-order valence-corrected chi connectivity index (χ1v) is 4.19. The van der Waals surface area contributed by atoms with Gasteiger partial charge in [-0.2, -0.15) is 5.26 Å². The van der Waals surface area contributed by atoms with Crippen molar-refractivity contribution in [3.63, 3.8) is 0 Å². The molecular formula is C10H10N4. The first-order chi connectivity index (χ1) is 6.76. The van der Waals surface area contributed by atoms with Crippen LogP contribution < -0.4 is 5.32 Å². The van der Waals surface area contributed by atoms with Gasteiger partial charge in [0.25, 0.3) is 0 Å². The Kier molecular flexibility index (Phi) is 3.46. The summed E-state index contributed by atoms with van der Waals surface area (Å²) in [6.07, 6.45) is 7.32. The van der Waals surface area contributed by atoms with Crippen LogP contribution in [0.25, 0.3) is 0 Å². The van der Waals surface area contributed by atoms with Crippen molar-refractivity contribution in [3.8, 4) is 18.4 Å². The molecule has 1 aromatic heterocycles. The number of nitriles is 1. The summed E-state index contributed by atoms with van der Waals surface area (Å²) in [6.45, 7) is 1.95. The molecule has 70 valence electrons. The van der Waals surface area contributed by atoms with Gasteiger partial charge in [-0.3, -0.25) is 0 Å². The van der Waals surface area contributed by atoms with E-state index >= 15 is 0 Å². The molecule has 14 heavy (non-hydrogen) atoms. The number of nitrogens with zero attached hydrogens (tertiary/aromatic N) is 3. The smallest absolute Gasteiger partial charge is 0.234 e. The molecule has 1 N–H and O–H groups in total. The summed E-state index contributed by atoms with van der Waals surface area (Å²) in [7, 11) is 0. The molecule has 0 aliphatic rings. The van der Waals surface area contributed by atoms with Crippen molar-refractivity contribution in [3.05, 3.63) is 18.1 Å². The van der Waals surface area contributed by atoms with Crippen LogP contribution in [-0.2, 0) is 0 Å². The number of aromatic nitrogens is 2. The predicted molar refractivity (Wildman–Crippen MR) is 53.3 cm³/mol. The highest BCUT2D eigenvalue weighted by molar-refractivity contribution is 5.36. The Balaban J connectivity index is 2.69. The zero-order valence-electron chi connectivity index (χ0n) is 7.86. The average molecular weight is 186 g/mol. The lowest BCUT2D eigenvalue weighted by atomic mass is 10.2. The van der Waals surface area contributed by atoms with E-state index in [0.29, 0.717) is 12.2 Å². The van der Waals surface area contributed by atoms with Crippen LogP contribution in [-0.4, -0.2) is 16.0 Å². The molecular weight excluding hydrogens is 176 g/mol. The van der Waals surface area contributed by atoms with Gasteiger partial charge in [0.15, 0.2) is 0 Å². The number of hydrogen-bond donors (Lipinski definition) is 1. The fraction of sp³-hybridized carbons (Fsp3) is 0.300. The third-order valence-corrected chi connectivity index (χ3v) is 1.57. The first kappa shape index (κ1) is 10.0. The minimum atomic E-state index is 0.140. The van der Waals surface area contributed by atoms with Crippen LogP contribution in [0.15, 0.2) is 12.3 Å². The fourth-order valence-electron chi connectivity index (χ4n) is 0.973. The van der Waals surface area contributed by atoms with Gasteiger partial charge >= 0.3 is 0 Å². The Hall–Kier alpha value is -2.07. The van der Waals surface area contributed by atoms with E-state index in [-0.39, 0.29) is 11.9 Å². The third-order valence-electron chi connectivity index (χ3n) is 1.57. The van der Waals surface area contributed by atoms with Crippen molar-refractivity contribution in [1.82, 2.24) is 9.97 Å². The van der Waals surface area contributed by atoms with Crippen molar-refractivity contribution in [2.75, 3.05) is 5.32 Å². The molecule has 0 spiro atoms. The molecule has 0 saturated heterocycles. The molecule has 1 heterocycles. The molecule has 0 amide bonds. The normalized spacial score (nSPS) is 11.1. The van der Waals surface area contributed by atoms with Gasteiger partial charge in [0.1, 0.15) is 11.9 Å². The summed E-state index contributed by atoms with van der Waals surface area (Å²) in [5.74, 6) is 3.33. The van der Waals surface area contributed by atoms with Crippen LogP contribution >= 0.6 is 0 Å². The Morgan fingerprint density at radius 2 is 2.50 bits per heavy atom. The summed E-state index contributed by atoms with van der Waals surface area (Å²) in [5.41, 5.74) is 0. The summed E-state index contributed by atoms with van der Waals surface area (Å²) in [6, 6.07) is 3.71. The number of rotatable bonds is 3. The van der Waals surface area contributed by atoms with Gasteiger partial charge < -0.3 is 5.32 Å². The average Bonchev–Trinajstić information content (AvgIpc) is 2.18. The minimum Gasteiger partial charge on any atom is -0.367 e. The lowest BCUT2D eigenvalue weighted by Gasteiger charge is -2.10. The molecule has 0 saturated carbocycles. The molecule has 4 nitrogen and oxygen atoms in total. The molecule has 0 fully saturated rings. The fourth-order valence-corrected chi connectivity index (χ4v) is 0.973. The topological polar surface area (TPSA) is 61.6 Å². The lowest BCUT2D eigenvalue weighted by Crippen LogP contribution is -2.15. The standard InChI is InChI=1S/C10H10N4/c1-3-4-8(2)13-9-5-6-12-10(7-11)14-9/h1,5-6,8H,4H2,2H3,(H,12,13,14). The SMILES string of the molecule is C#CCC(C)Nc1ccnc(C#N)n1. The van der Waals surface area contributed by atoms with Gasteiger partial charge in [0.05, 0.1) is 0 Å². The largest absolute Gasteiger partial charge is 0.367 e. The van der Waals surface area contributed by atoms with E-state index in [1.165, 1.54) is 6.20 Å². The maximum Gasteiger partial charge on any atom is 0.234 e. The van der Waals surface area contributed by atoms with Gasteiger partial charge in [-0.15, -0.1) is 12.3 Å². The Labute approximate surface area is 83.0 Å². The number of terminal acetylenes is 1. The summed E-state index contributed by atoms with van der Waals surface area (Å²) in [5, 5.41) is 11.6. The number of nitrogens with one attached hydrogen (secondary N) is 1. The second-order valence-corrected chi connectivity index (χ2v) is 2.83. The Bertz CT molecular complexity index is 386. The van der Waals surface area contributed by atoms with Crippen molar-refractivity contribution >= 4 is 5.82 Å². The van der Waals surface area contributed by atoms with Gasteiger partial charge in [0.2, 0.25) is 5.82 Å². The molecule has 1 unspecified atom stereocenters. The maximum absolute atomic E-state index is 8.56. The second kappa shape index (κ2) is 4.84. The van der Waals surface area contributed by atoms with Crippen molar-refractivity contribution in [1.29, 1.82) is 5.26 Å². The summed E-state index contributed by atoms with van der Waals surface area (Å²) in [4.78, 5) is 7.72. The van der Waals surface area contributed by atoms with E-state index < -0.39 is 0 Å². The van der Waals surface area contributed by atoms with E-state index in [4.69, 9.17) is 11.7 Å². The van der Waals surface area contributed by atoms with Gasteiger partial charge in [0, 0.05) is 18.7 Å². The van der Waals surface area contributed by atoms with E-state index in [2.05, 4.69) is 21.2 Å². The van der Waals surface area contributed by atoms with E-state index in [9.17, 15) is 0 Å². The Morgan fingerprint density at radius 1 is 1.71 bits per heavy atom. The van der Waals surface area contributed by atoms with Gasteiger partial charge in [-0.25, -0.2) is 9.97 Å². The lowest BCUT2D eigenvalue weighted by molar-refractivity contribution is 0.819. The van der Waals surface area contributed by atoms with Crippen LogP contribution in [0.1, 0.15) is 19.2 Å². The van der Waals surface area contributed by atoms with E-state index in [1.807, 2.05) is 13.0 Å². The van der Waals surface area contributed by atoms with Crippen LogP contribution in [0.4, 0.5) is 5.82 Å². The minimum absolute atomic E-state index is 0.140. The van der Waals surface area contributed by atoms with Crippen LogP contribution in [0.2, 0.25) is 0 Å². The second-order valence-electron chi connectivity index (χ2n) is 2.83. The third kappa shape index (κ3) is 2.76. The monoisotopic (exact) mass is 186 g/mol. The van der Waals surface area contributed by atoms with Gasteiger partial charge in [-0.05, 0) is 13.0 Å². The molecule has 1 aromatic rings. The highest BCUT2D eigenvalue weighted by atomic mass is 15.0. The maximum atomic E-state index is 8.56. The van der Waals surface area contributed by atoms with E-state index in [0.717, 1.165) is 0 Å². The molecule has 4 heteroatoms. The predicted octanol–water partition coefficient (Wildman–Crippen LogP) is 1.17. The molecule has 0 aliphatic carbocycles. The molecule has 0 bridgehead atoms. The molecule has 1 atom stereocenters. The first-order valence-electron chi connectivity index (χ1n) is 4.19. The summed E-state index contributed by atoms with van der Waals surface area (Å²) < 4.78 is 0. The molecule has 0 aliphatic heterocycles. The van der Waals surface area contributed by atoms with Crippen LogP contribution in [0.5, 0.6) is 0 Å². The van der Waals surface area contributed by atoms with Gasteiger partial charge in [-0.1, -0.05) is 0 Å².